The lowest BCUT2D eigenvalue weighted by Gasteiger charge is -2.36. The Morgan fingerprint density at radius 1 is 0.962 bits per heavy atom. The van der Waals surface area contributed by atoms with Gasteiger partial charge in [-0.15, -0.1) is 0 Å². The Balaban J connectivity index is 1.53. The molecule has 1 fully saturated rings. The molecule has 1 heterocycles. The first-order chi connectivity index (χ1) is 12.6. The molecule has 1 aliphatic rings. The molecular formula is C22H21NO3. The molecule has 1 saturated heterocycles. The van der Waals surface area contributed by atoms with E-state index in [1.807, 2.05) is 12.1 Å². The Morgan fingerprint density at radius 2 is 1.69 bits per heavy atom. The van der Waals surface area contributed by atoms with E-state index in [0.29, 0.717) is 13.0 Å². The number of carbonyl (C=O) groups is 1. The number of benzene rings is 3. The summed E-state index contributed by atoms with van der Waals surface area (Å²) in [6.07, 6.45) is 0.0680. The first-order valence-corrected chi connectivity index (χ1v) is 8.87. The molecular weight excluding hydrogens is 326 g/mol. The number of likely N-dealkylation sites (tertiary alicyclic amines) is 1. The topological polar surface area (TPSA) is 60.8 Å². The number of hydrogen-bond donors (Lipinski definition) is 2. The van der Waals surface area contributed by atoms with Crippen LogP contribution in [0.25, 0.3) is 10.8 Å². The highest BCUT2D eigenvalue weighted by molar-refractivity contribution is 5.96. The number of phenolic OH excluding ortho intramolecular Hbond substituents is 1. The summed E-state index contributed by atoms with van der Waals surface area (Å²) < 4.78 is 0. The van der Waals surface area contributed by atoms with E-state index >= 15 is 0 Å². The highest BCUT2D eigenvalue weighted by Crippen LogP contribution is 2.31. The Morgan fingerprint density at radius 3 is 2.46 bits per heavy atom. The minimum atomic E-state index is -0.625. The van der Waals surface area contributed by atoms with Crippen molar-refractivity contribution >= 4 is 16.7 Å². The molecule has 0 aromatic heterocycles. The normalized spacial score (nSPS) is 20.3. The summed E-state index contributed by atoms with van der Waals surface area (Å²) in [6.45, 7) is 0.826. The molecule has 0 radical (unpaired) electrons. The van der Waals surface area contributed by atoms with Crippen LogP contribution in [0.4, 0.5) is 0 Å². The summed E-state index contributed by atoms with van der Waals surface area (Å²) in [5, 5.41) is 22.9. The van der Waals surface area contributed by atoms with Crippen LogP contribution in [0.2, 0.25) is 0 Å². The summed E-state index contributed by atoms with van der Waals surface area (Å²) in [7, 11) is 0. The van der Waals surface area contributed by atoms with Crippen molar-refractivity contribution in [3.05, 3.63) is 77.9 Å². The zero-order valence-electron chi connectivity index (χ0n) is 14.4. The maximum absolute atomic E-state index is 12.6. The predicted molar refractivity (Wildman–Crippen MR) is 101 cm³/mol. The number of aromatic hydroxyl groups is 1. The van der Waals surface area contributed by atoms with Crippen LogP contribution in [0.15, 0.2) is 66.7 Å². The zero-order valence-corrected chi connectivity index (χ0v) is 14.4. The minimum absolute atomic E-state index is 0.00743. The van der Waals surface area contributed by atoms with Gasteiger partial charge in [0.05, 0.1) is 11.7 Å². The molecule has 3 aromatic rings. The molecule has 0 bridgehead atoms. The fourth-order valence-electron chi connectivity index (χ4n) is 3.77. The average molecular weight is 347 g/mol. The maximum atomic E-state index is 12.6. The molecule has 2 N–H and O–H groups in total. The summed E-state index contributed by atoms with van der Waals surface area (Å²) in [6, 6.07) is 21.0. The molecule has 3 aromatic carbocycles. The zero-order chi connectivity index (χ0) is 18.1. The van der Waals surface area contributed by atoms with E-state index in [1.165, 1.54) is 11.5 Å². The fourth-order valence-corrected chi connectivity index (χ4v) is 3.77. The molecule has 2 atom stereocenters. The predicted octanol–water partition coefficient (Wildman–Crippen LogP) is 3.54. The van der Waals surface area contributed by atoms with Crippen LogP contribution in [0, 0.1) is 0 Å². The average Bonchev–Trinajstić information content (AvgIpc) is 2.67. The third kappa shape index (κ3) is 3.04. The molecule has 4 rings (SSSR count). The lowest BCUT2D eigenvalue weighted by atomic mass is 9.86. The molecule has 0 spiro atoms. The minimum Gasteiger partial charge on any atom is -0.507 e. The number of para-hydroxylation sites is 1. The second-order valence-electron chi connectivity index (χ2n) is 6.84. The first-order valence-electron chi connectivity index (χ1n) is 8.87. The van der Waals surface area contributed by atoms with Crippen molar-refractivity contribution in [1.29, 1.82) is 0 Å². The monoisotopic (exact) mass is 347 g/mol. The Bertz CT molecular complexity index is 953. The van der Waals surface area contributed by atoms with Gasteiger partial charge in [0, 0.05) is 19.0 Å². The van der Waals surface area contributed by atoms with Crippen molar-refractivity contribution in [3.63, 3.8) is 0 Å². The largest absolute Gasteiger partial charge is 0.507 e. The van der Waals surface area contributed by atoms with Crippen LogP contribution in [-0.2, 0) is 0 Å². The Kier molecular flexibility index (Phi) is 4.35. The molecule has 0 unspecified atom stereocenters. The van der Waals surface area contributed by atoms with Gasteiger partial charge in [-0.2, -0.15) is 0 Å². The second kappa shape index (κ2) is 6.81. The van der Waals surface area contributed by atoms with Crippen molar-refractivity contribution in [2.75, 3.05) is 13.1 Å². The van der Waals surface area contributed by atoms with Crippen molar-refractivity contribution in [3.8, 4) is 5.75 Å². The smallest absolute Gasteiger partial charge is 0.257 e. The molecule has 1 aliphatic heterocycles. The summed E-state index contributed by atoms with van der Waals surface area (Å²) in [5.41, 5.74) is 1.38. The standard InChI is InChI=1S/C22H21NO3/c24-20-8-4-3-7-19(20)22(26)23-12-11-18(21(25)14-23)17-10-9-15-5-1-2-6-16(15)13-17/h1-10,13,18,21,24-25H,11-12,14H2/t18-,21+/m0/s1. The second-order valence-corrected chi connectivity index (χ2v) is 6.84. The van der Waals surface area contributed by atoms with E-state index in [0.717, 1.165) is 10.9 Å². The van der Waals surface area contributed by atoms with Gasteiger partial charge in [0.1, 0.15) is 5.75 Å². The highest BCUT2D eigenvalue weighted by Gasteiger charge is 2.32. The van der Waals surface area contributed by atoms with Crippen LogP contribution in [-0.4, -0.2) is 40.2 Å². The van der Waals surface area contributed by atoms with Gasteiger partial charge in [0.15, 0.2) is 0 Å². The van der Waals surface area contributed by atoms with Gasteiger partial charge in [-0.1, -0.05) is 54.6 Å². The van der Waals surface area contributed by atoms with Crippen molar-refractivity contribution in [2.45, 2.75) is 18.4 Å². The number of amides is 1. The summed E-state index contributed by atoms with van der Waals surface area (Å²) in [5.74, 6) is -0.254. The number of nitrogens with zero attached hydrogens (tertiary/aromatic N) is 1. The number of phenols is 1. The number of piperidine rings is 1. The number of carbonyl (C=O) groups excluding carboxylic acids is 1. The van der Waals surface area contributed by atoms with Gasteiger partial charge in [0.25, 0.3) is 5.91 Å². The van der Waals surface area contributed by atoms with E-state index in [2.05, 4.69) is 30.3 Å². The van der Waals surface area contributed by atoms with Gasteiger partial charge in [-0.05, 0) is 34.9 Å². The van der Waals surface area contributed by atoms with Crippen molar-refractivity contribution < 1.29 is 15.0 Å². The van der Waals surface area contributed by atoms with Gasteiger partial charge in [0.2, 0.25) is 0 Å². The third-order valence-corrected chi connectivity index (χ3v) is 5.21. The van der Waals surface area contributed by atoms with E-state index in [-0.39, 0.29) is 29.7 Å². The SMILES string of the molecule is O=C(c1ccccc1O)N1CC[C@@H](c2ccc3ccccc3c2)[C@H](O)C1. The fraction of sp³-hybridized carbons (Fsp3) is 0.227. The van der Waals surface area contributed by atoms with Gasteiger partial charge < -0.3 is 15.1 Å². The third-order valence-electron chi connectivity index (χ3n) is 5.21. The number of fused-ring (bicyclic) bond motifs is 1. The number of β-amino-alcohol motifs (C(OH)–C–C–N with tert-alkyl or cyclic N) is 1. The Labute approximate surface area is 152 Å². The lowest BCUT2D eigenvalue weighted by Crippen LogP contribution is -2.45. The molecule has 4 nitrogen and oxygen atoms in total. The molecule has 0 saturated carbocycles. The molecule has 0 aliphatic carbocycles. The summed E-state index contributed by atoms with van der Waals surface area (Å²) >= 11 is 0. The maximum Gasteiger partial charge on any atom is 0.257 e. The van der Waals surface area contributed by atoms with Crippen LogP contribution < -0.4 is 0 Å². The number of aliphatic hydroxyl groups is 1. The van der Waals surface area contributed by atoms with E-state index in [9.17, 15) is 15.0 Å². The van der Waals surface area contributed by atoms with Gasteiger partial charge in [-0.25, -0.2) is 0 Å². The molecule has 1 amide bonds. The van der Waals surface area contributed by atoms with Crippen LogP contribution >= 0.6 is 0 Å². The summed E-state index contributed by atoms with van der Waals surface area (Å²) in [4.78, 5) is 14.3. The van der Waals surface area contributed by atoms with Gasteiger partial charge >= 0.3 is 0 Å². The van der Waals surface area contributed by atoms with E-state index in [4.69, 9.17) is 0 Å². The van der Waals surface area contributed by atoms with E-state index in [1.54, 1.807) is 23.1 Å². The quantitative estimate of drug-likeness (QED) is 0.745. The molecule has 132 valence electrons. The van der Waals surface area contributed by atoms with Crippen molar-refractivity contribution in [2.24, 2.45) is 0 Å². The van der Waals surface area contributed by atoms with Crippen molar-refractivity contribution in [1.82, 2.24) is 4.90 Å². The van der Waals surface area contributed by atoms with Crippen LogP contribution in [0.3, 0.4) is 0 Å². The number of rotatable bonds is 2. The number of aliphatic hydroxyl groups excluding tert-OH is 1. The Hall–Kier alpha value is -2.85. The van der Waals surface area contributed by atoms with Gasteiger partial charge in [-0.3, -0.25) is 4.79 Å². The molecule has 4 heteroatoms. The van der Waals surface area contributed by atoms with Crippen LogP contribution in [0.5, 0.6) is 5.75 Å². The first kappa shape index (κ1) is 16.6. The molecule has 26 heavy (non-hydrogen) atoms. The van der Waals surface area contributed by atoms with Crippen LogP contribution in [0.1, 0.15) is 28.3 Å². The van der Waals surface area contributed by atoms with E-state index < -0.39 is 6.10 Å². The number of hydrogen-bond acceptors (Lipinski definition) is 3. The highest BCUT2D eigenvalue weighted by atomic mass is 16.3. The lowest BCUT2D eigenvalue weighted by molar-refractivity contribution is 0.0380.